The van der Waals surface area contributed by atoms with E-state index in [0.29, 0.717) is 6.42 Å². The Hall–Kier alpha value is -1.30. The summed E-state index contributed by atoms with van der Waals surface area (Å²) in [6.07, 6.45) is 1.79. The molecular formula is C13H26N2O4. The van der Waals surface area contributed by atoms with Crippen LogP contribution in [0.25, 0.3) is 0 Å². The lowest BCUT2D eigenvalue weighted by molar-refractivity contribution is -0.137. The second-order valence-corrected chi connectivity index (χ2v) is 5.54. The van der Waals surface area contributed by atoms with E-state index < -0.39 is 17.7 Å². The average Bonchev–Trinajstić information content (AvgIpc) is 2.20. The van der Waals surface area contributed by atoms with Crippen LogP contribution < -0.4 is 10.6 Å². The lowest BCUT2D eigenvalue weighted by Crippen LogP contribution is -2.40. The molecule has 0 aliphatic carbocycles. The molecule has 0 saturated carbocycles. The highest BCUT2D eigenvalue weighted by Gasteiger charge is 2.20. The SMILES string of the molecule is CNCCCCC(CC(=O)O)NC(=O)OC(C)(C)C. The summed E-state index contributed by atoms with van der Waals surface area (Å²) in [5.74, 6) is -0.922. The van der Waals surface area contributed by atoms with E-state index in [9.17, 15) is 9.59 Å². The third-order valence-corrected chi connectivity index (χ3v) is 2.37. The van der Waals surface area contributed by atoms with E-state index in [1.807, 2.05) is 7.05 Å². The molecule has 1 unspecified atom stereocenters. The first kappa shape index (κ1) is 17.7. The number of carbonyl (C=O) groups is 2. The molecule has 6 nitrogen and oxygen atoms in total. The van der Waals surface area contributed by atoms with Gasteiger partial charge in [-0.2, -0.15) is 0 Å². The van der Waals surface area contributed by atoms with E-state index in [-0.39, 0.29) is 12.5 Å². The van der Waals surface area contributed by atoms with Gasteiger partial charge in [0, 0.05) is 6.04 Å². The van der Waals surface area contributed by atoms with E-state index in [0.717, 1.165) is 19.4 Å². The van der Waals surface area contributed by atoms with Crippen LogP contribution in [0.3, 0.4) is 0 Å². The number of carboxylic acid groups (broad SMARTS) is 1. The van der Waals surface area contributed by atoms with Gasteiger partial charge in [0.1, 0.15) is 5.60 Å². The molecule has 112 valence electrons. The molecule has 0 aromatic carbocycles. The minimum Gasteiger partial charge on any atom is -0.481 e. The van der Waals surface area contributed by atoms with Crippen LogP contribution in [0.1, 0.15) is 46.5 Å². The second-order valence-electron chi connectivity index (χ2n) is 5.54. The van der Waals surface area contributed by atoms with Crippen molar-refractivity contribution in [2.24, 2.45) is 0 Å². The van der Waals surface area contributed by atoms with E-state index in [2.05, 4.69) is 10.6 Å². The minimum atomic E-state index is -0.922. The molecule has 0 aliphatic heterocycles. The third kappa shape index (κ3) is 11.5. The van der Waals surface area contributed by atoms with Gasteiger partial charge in [-0.15, -0.1) is 0 Å². The van der Waals surface area contributed by atoms with Gasteiger partial charge < -0.3 is 20.5 Å². The Kier molecular flexibility index (Phi) is 8.14. The summed E-state index contributed by atoms with van der Waals surface area (Å²) in [4.78, 5) is 22.4. The summed E-state index contributed by atoms with van der Waals surface area (Å²) in [6, 6.07) is -0.385. The summed E-state index contributed by atoms with van der Waals surface area (Å²) < 4.78 is 5.12. The number of carbonyl (C=O) groups excluding carboxylic acids is 1. The number of carboxylic acids is 1. The number of hydrogen-bond acceptors (Lipinski definition) is 4. The van der Waals surface area contributed by atoms with Gasteiger partial charge in [0.15, 0.2) is 0 Å². The molecule has 0 fully saturated rings. The Morgan fingerprint density at radius 3 is 2.37 bits per heavy atom. The number of alkyl carbamates (subject to hydrolysis) is 1. The Morgan fingerprint density at radius 2 is 1.89 bits per heavy atom. The number of unbranched alkanes of at least 4 members (excludes halogenated alkanes) is 1. The maximum Gasteiger partial charge on any atom is 0.407 e. The molecule has 0 rings (SSSR count). The molecule has 1 amide bonds. The average molecular weight is 274 g/mol. The molecule has 0 bridgehead atoms. The van der Waals surface area contributed by atoms with E-state index >= 15 is 0 Å². The smallest absolute Gasteiger partial charge is 0.407 e. The highest BCUT2D eigenvalue weighted by Crippen LogP contribution is 2.09. The first-order chi connectivity index (χ1) is 8.74. The molecule has 0 aromatic heterocycles. The van der Waals surface area contributed by atoms with Gasteiger partial charge in [-0.05, 0) is 47.2 Å². The second kappa shape index (κ2) is 8.74. The van der Waals surface area contributed by atoms with Gasteiger partial charge in [-0.25, -0.2) is 4.79 Å². The van der Waals surface area contributed by atoms with Crippen molar-refractivity contribution in [3.05, 3.63) is 0 Å². The first-order valence-electron chi connectivity index (χ1n) is 6.60. The molecule has 0 aromatic rings. The zero-order valence-corrected chi connectivity index (χ0v) is 12.3. The zero-order chi connectivity index (χ0) is 14.9. The van der Waals surface area contributed by atoms with Crippen LogP contribution >= 0.6 is 0 Å². The quantitative estimate of drug-likeness (QED) is 0.587. The van der Waals surface area contributed by atoms with Crippen LogP contribution in [-0.2, 0) is 9.53 Å². The van der Waals surface area contributed by atoms with Crippen molar-refractivity contribution >= 4 is 12.1 Å². The van der Waals surface area contributed by atoms with E-state index in [1.165, 1.54) is 0 Å². The van der Waals surface area contributed by atoms with Crippen molar-refractivity contribution in [3.63, 3.8) is 0 Å². The van der Waals surface area contributed by atoms with Crippen molar-refractivity contribution < 1.29 is 19.4 Å². The topological polar surface area (TPSA) is 87.7 Å². The summed E-state index contributed by atoms with van der Waals surface area (Å²) >= 11 is 0. The van der Waals surface area contributed by atoms with Crippen molar-refractivity contribution in [1.29, 1.82) is 0 Å². The lowest BCUT2D eigenvalue weighted by atomic mass is 10.1. The third-order valence-electron chi connectivity index (χ3n) is 2.37. The lowest BCUT2D eigenvalue weighted by Gasteiger charge is -2.23. The van der Waals surface area contributed by atoms with Gasteiger partial charge in [0.25, 0.3) is 0 Å². The van der Waals surface area contributed by atoms with Crippen LogP contribution in [0.15, 0.2) is 0 Å². The number of aliphatic carboxylic acids is 1. The molecule has 0 aliphatic rings. The summed E-state index contributed by atoms with van der Waals surface area (Å²) in [7, 11) is 1.87. The van der Waals surface area contributed by atoms with Crippen molar-refractivity contribution in [2.75, 3.05) is 13.6 Å². The van der Waals surface area contributed by atoms with Crippen LogP contribution in [0, 0.1) is 0 Å². The van der Waals surface area contributed by atoms with Crippen molar-refractivity contribution in [3.8, 4) is 0 Å². The summed E-state index contributed by atoms with van der Waals surface area (Å²) in [5.41, 5.74) is -0.579. The van der Waals surface area contributed by atoms with Gasteiger partial charge in [0.05, 0.1) is 6.42 Å². The minimum absolute atomic E-state index is 0.0845. The Morgan fingerprint density at radius 1 is 1.26 bits per heavy atom. The van der Waals surface area contributed by atoms with Crippen molar-refractivity contribution in [2.45, 2.75) is 58.1 Å². The van der Waals surface area contributed by atoms with Gasteiger partial charge >= 0.3 is 12.1 Å². The summed E-state index contributed by atoms with van der Waals surface area (Å²) in [5, 5.41) is 14.5. The molecule has 0 saturated heterocycles. The summed E-state index contributed by atoms with van der Waals surface area (Å²) in [6.45, 7) is 6.19. The van der Waals surface area contributed by atoms with E-state index in [4.69, 9.17) is 9.84 Å². The fourth-order valence-corrected chi connectivity index (χ4v) is 1.60. The highest BCUT2D eigenvalue weighted by atomic mass is 16.6. The normalized spacial score (nSPS) is 12.8. The molecule has 1 atom stereocenters. The molecule has 0 radical (unpaired) electrons. The van der Waals surface area contributed by atoms with Crippen LogP contribution in [0.2, 0.25) is 0 Å². The van der Waals surface area contributed by atoms with Gasteiger partial charge in [-0.3, -0.25) is 4.79 Å². The molecule has 6 heteroatoms. The monoisotopic (exact) mass is 274 g/mol. The van der Waals surface area contributed by atoms with E-state index in [1.54, 1.807) is 20.8 Å². The number of nitrogens with one attached hydrogen (secondary N) is 2. The predicted molar refractivity (Wildman–Crippen MR) is 73.2 cm³/mol. The van der Waals surface area contributed by atoms with Crippen LogP contribution in [0.5, 0.6) is 0 Å². The largest absolute Gasteiger partial charge is 0.481 e. The maximum absolute atomic E-state index is 11.6. The predicted octanol–water partition coefficient (Wildman–Crippen LogP) is 1.74. The Bertz CT molecular complexity index is 287. The number of ether oxygens (including phenoxy) is 1. The molecular weight excluding hydrogens is 248 g/mol. The fraction of sp³-hybridized carbons (Fsp3) is 0.846. The zero-order valence-electron chi connectivity index (χ0n) is 12.3. The molecule has 0 heterocycles. The van der Waals surface area contributed by atoms with Crippen LogP contribution in [0.4, 0.5) is 4.79 Å². The number of hydrogen-bond donors (Lipinski definition) is 3. The van der Waals surface area contributed by atoms with Gasteiger partial charge in [0.2, 0.25) is 0 Å². The highest BCUT2D eigenvalue weighted by molar-refractivity contribution is 5.71. The van der Waals surface area contributed by atoms with Gasteiger partial charge in [-0.1, -0.05) is 6.42 Å². The number of rotatable bonds is 8. The molecule has 3 N–H and O–H groups in total. The Labute approximate surface area is 114 Å². The number of amides is 1. The molecule has 19 heavy (non-hydrogen) atoms. The standard InChI is InChI=1S/C13H26N2O4/c1-13(2,3)19-12(18)15-10(9-11(16)17)7-5-6-8-14-4/h10,14H,5-9H2,1-4H3,(H,15,18)(H,16,17). The fourth-order valence-electron chi connectivity index (χ4n) is 1.60. The maximum atomic E-state index is 11.6. The Balaban J connectivity index is 4.18. The van der Waals surface area contributed by atoms with Crippen LogP contribution in [-0.4, -0.2) is 42.4 Å². The first-order valence-corrected chi connectivity index (χ1v) is 6.60. The molecule has 0 spiro atoms. The van der Waals surface area contributed by atoms with Crippen molar-refractivity contribution in [1.82, 2.24) is 10.6 Å².